The molecule has 0 saturated heterocycles. The number of anilines is 1. The number of aliphatic hydroxyl groups is 1. The maximum atomic E-state index is 12.3. The van der Waals surface area contributed by atoms with Gasteiger partial charge in [-0.3, -0.25) is 4.72 Å². The van der Waals surface area contributed by atoms with E-state index in [-0.39, 0.29) is 29.8 Å². The van der Waals surface area contributed by atoms with Gasteiger partial charge in [-0.1, -0.05) is 24.3 Å². The summed E-state index contributed by atoms with van der Waals surface area (Å²) in [4.78, 5) is 8.90. The molecule has 0 aliphatic heterocycles. The molecule has 2 atom stereocenters. The molecule has 0 spiro atoms. The summed E-state index contributed by atoms with van der Waals surface area (Å²) in [5.74, 6) is -2.98. The highest BCUT2D eigenvalue weighted by Crippen LogP contribution is 2.28. The second-order valence-electron chi connectivity index (χ2n) is 7.40. The van der Waals surface area contributed by atoms with Crippen molar-refractivity contribution in [2.45, 2.75) is 31.4 Å². The smallest absolute Gasteiger partial charge is 0.490 e. The number of aromatic hydroxyl groups is 1. The van der Waals surface area contributed by atoms with E-state index in [1.54, 1.807) is 18.2 Å². The Balaban J connectivity index is 0.000000856. The Morgan fingerprint density at radius 2 is 1.68 bits per heavy atom. The summed E-state index contributed by atoms with van der Waals surface area (Å²) in [5.41, 5.74) is 1.14. The van der Waals surface area contributed by atoms with Crippen LogP contribution in [0.5, 0.6) is 11.5 Å². The van der Waals surface area contributed by atoms with Gasteiger partial charge in [0.25, 0.3) is 0 Å². The SMILES string of the molecule is C=CCC(NC[C@H](O)c1ccc(O)c(NS(C)(=O)=O)c1)c1ccc(OC(F)F)cc1.O=C(O)C(F)(F)F. The number of hydrogen-bond acceptors (Lipinski definition) is 7. The first-order valence-corrected chi connectivity index (χ1v) is 12.1. The molecule has 0 heterocycles. The van der Waals surface area contributed by atoms with Crippen LogP contribution >= 0.6 is 0 Å². The van der Waals surface area contributed by atoms with Gasteiger partial charge in [0, 0.05) is 12.6 Å². The van der Waals surface area contributed by atoms with Gasteiger partial charge in [0.2, 0.25) is 10.0 Å². The molecular weight excluding hydrogens is 531 g/mol. The number of halogens is 5. The topological polar surface area (TPSA) is 145 Å². The summed E-state index contributed by atoms with van der Waals surface area (Å²) >= 11 is 0. The average Bonchev–Trinajstić information content (AvgIpc) is 2.77. The number of hydrogen-bond donors (Lipinski definition) is 5. The minimum Gasteiger partial charge on any atom is -0.506 e. The number of sulfonamides is 1. The molecule has 0 aliphatic rings. The lowest BCUT2D eigenvalue weighted by Gasteiger charge is -2.21. The fraction of sp³-hybridized carbons (Fsp3) is 0.318. The highest BCUT2D eigenvalue weighted by Gasteiger charge is 2.38. The number of phenols is 1. The number of carbonyl (C=O) groups is 1. The Kier molecular flexibility index (Phi) is 11.8. The van der Waals surface area contributed by atoms with Crippen molar-refractivity contribution < 1.29 is 55.2 Å². The molecule has 5 N–H and O–H groups in total. The maximum Gasteiger partial charge on any atom is 0.490 e. The van der Waals surface area contributed by atoms with Crippen LogP contribution in [0.3, 0.4) is 0 Å². The minimum absolute atomic E-state index is 0.0358. The van der Waals surface area contributed by atoms with Gasteiger partial charge in [-0.25, -0.2) is 13.2 Å². The van der Waals surface area contributed by atoms with E-state index in [1.165, 1.54) is 30.3 Å². The van der Waals surface area contributed by atoms with Gasteiger partial charge >= 0.3 is 18.8 Å². The van der Waals surface area contributed by atoms with Crippen molar-refractivity contribution in [1.29, 1.82) is 0 Å². The van der Waals surface area contributed by atoms with E-state index in [9.17, 15) is 40.6 Å². The van der Waals surface area contributed by atoms with Gasteiger partial charge in [0.1, 0.15) is 11.5 Å². The number of phenolic OH excluding ortho intramolecular Hbond substituents is 1. The number of rotatable bonds is 11. The first kappa shape index (κ1) is 31.6. The highest BCUT2D eigenvalue weighted by molar-refractivity contribution is 7.92. The van der Waals surface area contributed by atoms with Crippen LogP contribution in [0.25, 0.3) is 0 Å². The lowest BCUT2D eigenvalue weighted by molar-refractivity contribution is -0.192. The predicted octanol–water partition coefficient (Wildman–Crippen LogP) is 3.94. The van der Waals surface area contributed by atoms with E-state index in [0.717, 1.165) is 11.8 Å². The predicted molar refractivity (Wildman–Crippen MR) is 124 cm³/mol. The molecule has 206 valence electrons. The van der Waals surface area contributed by atoms with E-state index in [0.29, 0.717) is 12.0 Å². The van der Waals surface area contributed by atoms with E-state index in [1.807, 2.05) is 0 Å². The van der Waals surface area contributed by atoms with Crippen molar-refractivity contribution in [3.05, 3.63) is 66.2 Å². The van der Waals surface area contributed by atoms with Crippen LogP contribution in [0.4, 0.5) is 27.6 Å². The van der Waals surface area contributed by atoms with Gasteiger partial charge in [0.05, 0.1) is 18.0 Å². The molecule has 2 aromatic rings. The number of aliphatic hydroxyl groups excluding tert-OH is 1. The van der Waals surface area contributed by atoms with Crippen molar-refractivity contribution in [1.82, 2.24) is 5.32 Å². The van der Waals surface area contributed by atoms with Crippen LogP contribution < -0.4 is 14.8 Å². The first-order valence-electron chi connectivity index (χ1n) is 10.2. The molecule has 37 heavy (non-hydrogen) atoms. The summed E-state index contributed by atoms with van der Waals surface area (Å²) in [6.45, 7) is 0.910. The third-order valence-electron chi connectivity index (χ3n) is 4.41. The molecule has 0 amide bonds. The summed E-state index contributed by atoms with van der Waals surface area (Å²) in [6, 6.07) is 10.0. The normalized spacial score (nSPS) is 13.2. The molecule has 0 aliphatic carbocycles. The monoisotopic (exact) mass is 556 g/mol. The molecule has 1 unspecified atom stereocenters. The molecule has 0 radical (unpaired) electrons. The lowest BCUT2D eigenvalue weighted by Crippen LogP contribution is -2.26. The Bertz CT molecular complexity index is 1140. The Labute approximate surface area is 209 Å². The van der Waals surface area contributed by atoms with E-state index in [2.05, 4.69) is 21.4 Å². The largest absolute Gasteiger partial charge is 0.506 e. The molecule has 15 heteroatoms. The molecular formula is C22H25F5N2O7S. The van der Waals surface area contributed by atoms with Crippen LogP contribution in [0.15, 0.2) is 55.1 Å². The zero-order valence-electron chi connectivity index (χ0n) is 19.2. The molecule has 0 saturated carbocycles. The Hall–Kier alpha value is -3.43. The minimum atomic E-state index is -5.08. The number of ether oxygens (including phenoxy) is 1. The van der Waals surface area contributed by atoms with Crippen molar-refractivity contribution in [3.8, 4) is 11.5 Å². The zero-order valence-corrected chi connectivity index (χ0v) is 20.1. The van der Waals surface area contributed by atoms with Gasteiger partial charge in [-0.05, 0) is 41.8 Å². The first-order chi connectivity index (χ1) is 17.0. The van der Waals surface area contributed by atoms with Gasteiger partial charge < -0.3 is 25.4 Å². The summed E-state index contributed by atoms with van der Waals surface area (Å²) in [6.07, 6.45) is -2.94. The van der Waals surface area contributed by atoms with Crippen molar-refractivity contribution in [2.75, 3.05) is 17.5 Å². The van der Waals surface area contributed by atoms with Crippen molar-refractivity contribution >= 4 is 21.7 Å². The molecule has 2 rings (SSSR count). The summed E-state index contributed by atoms with van der Waals surface area (Å²) < 4.78 is 85.6. The molecule has 2 aromatic carbocycles. The van der Waals surface area contributed by atoms with Crippen molar-refractivity contribution in [2.24, 2.45) is 0 Å². The second kappa shape index (κ2) is 13.8. The number of benzene rings is 2. The van der Waals surface area contributed by atoms with Crippen LogP contribution in [-0.4, -0.2) is 55.3 Å². The second-order valence-corrected chi connectivity index (χ2v) is 9.15. The number of carboxylic acid groups (broad SMARTS) is 1. The van der Waals surface area contributed by atoms with E-state index >= 15 is 0 Å². The third kappa shape index (κ3) is 11.9. The fourth-order valence-corrected chi connectivity index (χ4v) is 3.36. The third-order valence-corrected chi connectivity index (χ3v) is 5.00. The highest BCUT2D eigenvalue weighted by atomic mass is 32.2. The Morgan fingerprint density at radius 1 is 1.14 bits per heavy atom. The van der Waals surface area contributed by atoms with Crippen LogP contribution in [0.2, 0.25) is 0 Å². The van der Waals surface area contributed by atoms with Crippen LogP contribution in [0.1, 0.15) is 29.7 Å². The van der Waals surface area contributed by atoms with Crippen LogP contribution in [0, 0.1) is 0 Å². The van der Waals surface area contributed by atoms with E-state index < -0.39 is 34.9 Å². The quantitative estimate of drug-likeness (QED) is 0.159. The number of alkyl halides is 5. The van der Waals surface area contributed by atoms with Crippen molar-refractivity contribution in [3.63, 3.8) is 0 Å². The standard InChI is InChI=1S/C20H24F2N2O5S.C2HF3O2/c1-3-4-16(13-5-8-15(9-6-13)29-20(21)22)23-12-19(26)14-7-10-18(25)17(11-14)24-30(2,27)28;3-2(4,5)1(6)7/h3,5-11,16,19-20,23-26H,1,4,12H2,2H3;(H,6,7)/t16?,19-;/m0./s1. The zero-order chi connectivity index (χ0) is 28.4. The van der Waals surface area contributed by atoms with Gasteiger partial charge in [0.15, 0.2) is 0 Å². The summed E-state index contributed by atoms with van der Waals surface area (Å²) in [7, 11) is -3.60. The molecule has 0 fully saturated rings. The molecule has 0 aromatic heterocycles. The van der Waals surface area contributed by atoms with Crippen LogP contribution in [-0.2, 0) is 14.8 Å². The summed E-state index contributed by atoms with van der Waals surface area (Å²) in [5, 5.41) is 30.6. The maximum absolute atomic E-state index is 12.3. The molecule has 9 nitrogen and oxygen atoms in total. The van der Waals surface area contributed by atoms with Gasteiger partial charge in [-0.2, -0.15) is 22.0 Å². The fourth-order valence-electron chi connectivity index (χ4n) is 2.80. The number of nitrogens with one attached hydrogen (secondary N) is 2. The van der Waals surface area contributed by atoms with Gasteiger partial charge in [-0.15, -0.1) is 6.58 Å². The average molecular weight is 557 g/mol. The lowest BCUT2D eigenvalue weighted by atomic mass is 10.0. The molecule has 0 bridgehead atoms. The number of aliphatic carboxylic acids is 1. The Morgan fingerprint density at radius 3 is 2.14 bits per heavy atom. The van der Waals surface area contributed by atoms with E-state index in [4.69, 9.17) is 9.90 Å². The number of carboxylic acids is 1.